The van der Waals surface area contributed by atoms with Crippen molar-refractivity contribution in [2.24, 2.45) is 0 Å². The number of thioether (sulfide) groups is 1. The van der Waals surface area contributed by atoms with E-state index < -0.39 is 0 Å². The average Bonchev–Trinajstić information content (AvgIpc) is 3.28. The first-order valence-electron chi connectivity index (χ1n) is 9.60. The molecule has 29 heavy (non-hydrogen) atoms. The Morgan fingerprint density at radius 3 is 2.76 bits per heavy atom. The van der Waals surface area contributed by atoms with Crippen LogP contribution >= 0.6 is 35.3 Å². The minimum Gasteiger partial charge on any atom is -0.326 e. The molecule has 0 aliphatic carbocycles. The van der Waals surface area contributed by atoms with Gasteiger partial charge in [0.25, 0.3) is 5.91 Å². The highest BCUT2D eigenvalue weighted by Crippen LogP contribution is 2.33. The molecule has 0 radical (unpaired) electrons. The van der Waals surface area contributed by atoms with Crippen LogP contribution in [0.25, 0.3) is 6.08 Å². The Bertz CT molecular complexity index is 936. The van der Waals surface area contributed by atoms with Crippen molar-refractivity contribution in [1.82, 2.24) is 4.90 Å². The summed E-state index contributed by atoms with van der Waals surface area (Å²) in [4.78, 5) is 28.2. The number of thiocarbonyl (C=S) groups is 1. The average molecular weight is 445 g/mol. The molecule has 1 aromatic heterocycles. The van der Waals surface area contributed by atoms with Gasteiger partial charge in [-0.05, 0) is 61.4 Å². The summed E-state index contributed by atoms with van der Waals surface area (Å²) in [5, 5.41) is 4.98. The third kappa shape index (κ3) is 5.78. The summed E-state index contributed by atoms with van der Waals surface area (Å²) in [6.45, 7) is 4.65. The van der Waals surface area contributed by atoms with Crippen molar-refractivity contribution in [2.45, 2.75) is 39.5 Å². The summed E-state index contributed by atoms with van der Waals surface area (Å²) in [6, 6.07) is 9.87. The van der Waals surface area contributed by atoms with Gasteiger partial charge >= 0.3 is 0 Å². The van der Waals surface area contributed by atoms with Crippen LogP contribution in [0.1, 0.15) is 41.7 Å². The van der Waals surface area contributed by atoms with E-state index in [9.17, 15) is 9.59 Å². The van der Waals surface area contributed by atoms with Crippen molar-refractivity contribution >= 4 is 63.2 Å². The van der Waals surface area contributed by atoms with Gasteiger partial charge in [0, 0.05) is 23.5 Å². The van der Waals surface area contributed by atoms with Crippen LogP contribution in [-0.2, 0) is 9.59 Å². The lowest BCUT2D eigenvalue weighted by Crippen LogP contribution is -2.29. The van der Waals surface area contributed by atoms with Gasteiger partial charge in [-0.2, -0.15) is 0 Å². The number of unbranched alkanes of at least 4 members (excludes halogenated alkanes) is 2. The fraction of sp³-hybridized carbons (Fsp3) is 0.318. The smallest absolute Gasteiger partial charge is 0.266 e. The normalized spacial score (nSPS) is 15.4. The van der Waals surface area contributed by atoms with Crippen LogP contribution in [-0.4, -0.2) is 27.6 Å². The highest BCUT2D eigenvalue weighted by atomic mass is 32.2. The Hall–Kier alpha value is -1.96. The Labute approximate surface area is 185 Å². The molecule has 1 fully saturated rings. The van der Waals surface area contributed by atoms with E-state index >= 15 is 0 Å². The predicted octanol–water partition coefficient (Wildman–Crippen LogP) is 5.77. The number of hydrogen-bond acceptors (Lipinski definition) is 5. The van der Waals surface area contributed by atoms with E-state index in [1.165, 1.54) is 17.3 Å². The minimum absolute atomic E-state index is 0.0129. The lowest BCUT2D eigenvalue weighted by atomic mass is 10.1. The Morgan fingerprint density at radius 2 is 2.00 bits per heavy atom. The van der Waals surface area contributed by atoms with Crippen molar-refractivity contribution < 1.29 is 9.59 Å². The monoisotopic (exact) mass is 444 g/mol. The highest BCUT2D eigenvalue weighted by molar-refractivity contribution is 8.26. The first-order chi connectivity index (χ1) is 14.0. The number of anilines is 1. The summed E-state index contributed by atoms with van der Waals surface area (Å²) in [7, 11) is 0. The van der Waals surface area contributed by atoms with Gasteiger partial charge in [0.15, 0.2) is 0 Å². The van der Waals surface area contributed by atoms with Crippen molar-refractivity contribution in [3.8, 4) is 0 Å². The fourth-order valence-electron chi connectivity index (χ4n) is 3.03. The highest BCUT2D eigenvalue weighted by Gasteiger charge is 2.31. The van der Waals surface area contributed by atoms with Gasteiger partial charge in [-0.15, -0.1) is 11.3 Å². The van der Waals surface area contributed by atoms with Gasteiger partial charge in [0.2, 0.25) is 5.91 Å². The molecule has 0 atom stereocenters. The number of amides is 2. The van der Waals surface area contributed by atoms with Crippen LogP contribution in [0, 0.1) is 13.8 Å². The Kier molecular flexibility index (Phi) is 7.64. The number of thiophene rings is 1. The number of rotatable bonds is 8. The van der Waals surface area contributed by atoms with Crippen molar-refractivity contribution in [3.63, 3.8) is 0 Å². The van der Waals surface area contributed by atoms with E-state index in [0.717, 1.165) is 35.4 Å². The van der Waals surface area contributed by atoms with Crippen LogP contribution in [0.5, 0.6) is 0 Å². The Balaban J connectivity index is 1.40. The van der Waals surface area contributed by atoms with Crippen molar-refractivity contribution in [3.05, 3.63) is 56.6 Å². The summed E-state index contributed by atoms with van der Waals surface area (Å²) in [5.74, 6) is 0.0178. The first kappa shape index (κ1) is 21.7. The molecular formula is C22H24N2O2S3. The van der Waals surface area contributed by atoms with E-state index in [1.54, 1.807) is 16.2 Å². The number of carbonyl (C=O) groups is 2. The molecule has 1 saturated heterocycles. The number of benzene rings is 1. The standard InChI is InChI=1S/C22H24N2O2S3/c1-15-8-6-10-18(16(15)2)23-20(25)11-4-3-5-12-24-21(26)19(29-22(24)27)14-17-9-7-13-28-17/h6-10,13-14H,3-5,11-12H2,1-2H3,(H,23,25)/b19-14+. The molecular weight excluding hydrogens is 420 g/mol. The predicted molar refractivity (Wildman–Crippen MR) is 127 cm³/mol. The Morgan fingerprint density at radius 1 is 1.17 bits per heavy atom. The van der Waals surface area contributed by atoms with Crippen LogP contribution in [0.15, 0.2) is 40.6 Å². The van der Waals surface area contributed by atoms with Crippen molar-refractivity contribution in [2.75, 3.05) is 11.9 Å². The number of nitrogens with one attached hydrogen (secondary N) is 1. The lowest BCUT2D eigenvalue weighted by Gasteiger charge is -2.14. The second kappa shape index (κ2) is 10.2. The number of carbonyl (C=O) groups excluding carboxylic acids is 2. The second-order valence-electron chi connectivity index (χ2n) is 6.96. The fourth-order valence-corrected chi connectivity index (χ4v) is 5.06. The maximum Gasteiger partial charge on any atom is 0.266 e. The van der Waals surface area contributed by atoms with Crippen LogP contribution in [0.4, 0.5) is 5.69 Å². The molecule has 0 spiro atoms. The van der Waals surface area contributed by atoms with Crippen LogP contribution in [0.3, 0.4) is 0 Å². The summed E-state index contributed by atoms with van der Waals surface area (Å²) in [6.07, 6.45) is 4.87. The van der Waals surface area contributed by atoms with Gasteiger partial charge in [-0.25, -0.2) is 0 Å². The third-order valence-corrected chi connectivity index (χ3v) is 7.05. The van der Waals surface area contributed by atoms with Gasteiger partial charge in [-0.3, -0.25) is 14.5 Å². The number of hydrogen-bond donors (Lipinski definition) is 1. The molecule has 2 aromatic rings. The largest absolute Gasteiger partial charge is 0.326 e. The number of aryl methyl sites for hydroxylation is 1. The SMILES string of the molecule is Cc1cccc(NC(=O)CCCCCN2C(=O)/C(=C\c3cccs3)SC2=S)c1C. The van der Waals surface area contributed by atoms with E-state index in [2.05, 4.69) is 5.32 Å². The molecule has 4 nitrogen and oxygen atoms in total. The van der Waals surface area contributed by atoms with Gasteiger partial charge in [-0.1, -0.05) is 48.6 Å². The zero-order valence-corrected chi connectivity index (χ0v) is 19.0. The molecule has 7 heteroatoms. The zero-order valence-electron chi connectivity index (χ0n) is 16.6. The quantitative estimate of drug-likeness (QED) is 0.319. The summed E-state index contributed by atoms with van der Waals surface area (Å²) >= 11 is 8.34. The van der Waals surface area contributed by atoms with E-state index in [4.69, 9.17) is 12.2 Å². The molecule has 1 aliphatic rings. The molecule has 0 saturated carbocycles. The maximum absolute atomic E-state index is 12.6. The lowest BCUT2D eigenvalue weighted by molar-refractivity contribution is -0.122. The third-order valence-electron chi connectivity index (χ3n) is 4.85. The summed E-state index contributed by atoms with van der Waals surface area (Å²) < 4.78 is 0.616. The molecule has 0 unspecified atom stereocenters. The second-order valence-corrected chi connectivity index (χ2v) is 9.61. The van der Waals surface area contributed by atoms with Gasteiger partial charge in [0.1, 0.15) is 4.32 Å². The van der Waals surface area contributed by atoms with E-state index in [1.807, 2.05) is 55.6 Å². The van der Waals surface area contributed by atoms with Crippen LogP contribution < -0.4 is 5.32 Å². The molecule has 3 rings (SSSR count). The molecule has 1 aliphatic heterocycles. The molecule has 1 aromatic carbocycles. The number of nitrogens with zero attached hydrogens (tertiary/aromatic N) is 1. The van der Waals surface area contributed by atoms with Crippen LogP contribution in [0.2, 0.25) is 0 Å². The van der Waals surface area contributed by atoms with E-state index in [0.29, 0.717) is 22.2 Å². The molecule has 0 bridgehead atoms. The molecule has 152 valence electrons. The van der Waals surface area contributed by atoms with Gasteiger partial charge < -0.3 is 5.32 Å². The topological polar surface area (TPSA) is 49.4 Å². The van der Waals surface area contributed by atoms with Crippen molar-refractivity contribution in [1.29, 1.82) is 0 Å². The summed E-state index contributed by atoms with van der Waals surface area (Å²) in [5.41, 5.74) is 3.15. The first-order valence-corrected chi connectivity index (χ1v) is 11.7. The van der Waals surface area contributed by atoms with Gasteiger partial charge in [0.05, 0.1) is 4.91 Å². The van der Waals surface area contributed by atoms with E-state index in [-0.39, 0.29) is 11.8 Å². The maximum atomic E-state index is 12.6. The zero-order chi connectivity index (χ0) is 20.8. The molecule has 2 heterocycles. The molecule has 2 amide bonds. The molecule has 1 N–H and O–H groups in total. The minimum atomic E-state index is -0.0129.